The van der Waals surface area contributed by atoms with E-state index >= 15 is 0 Å². The molecule has 0 aromatic heterocycles. The maximum absolute atomic E-state index is 11.9. The third kappa shape index (κ3) is 5.10. The summed E-state index contributed by atoms with van der Waals surface area (Å²) >= 11 is 3.36. The van der Waals surface area contributed by atoms with Gasteiger partial charge in [0.1, 0.15) is 11.5 Å². The molecule has 0 aliphatic carbocycles. The van der Waals surface area contributed by atoms with Crippen molar-refractivity contribution in [3.05, 3.63) is 58.1 Å². The van der Waals surface area contributed by atoms with Gasteiger partial charge in [-0.05, 0) is 29.8 Å². The van der Waals surface area contributed by atoms with Gasteiger partial charge in [0, 0.05) is 16.1 Å². The van der Waals surface area contributed by atoms with E-state index in [1.54, 1.807) is 26.4 Å². The standard InChI is InChI=1S/C17H17BrN2O3/c1-22-15-8-5-13(16(10-15)23-2)11-19-20-17(21)9-12-3-6-14(18)7-4-12/h3-8,10-11H,9H2,1-2H3,(H,20,21). The second-order valence-electron chi connectivity index (χ2n) is 4.70. The van der Waals surface area contributed by atoms with Gasteiger partial charge in [-0.3, -0.25) is 4.79 Å². The first-order valence-corrected chi connectivity index (χ1v) is 7.70. The molecular weight excluding hydrogens is 360 g/mol. The Morgan fingerprint density at radius 2 is 1.91 bits per heavy atom. The highest BCUT2D eigenvalue weighted by Gasteiger charge is 2.04. The van der Waals surface area contributed by atoms with Crippen LogP contribution in [0.4, 0.5) is 0 Å². The maximum Gasteiger partial charge on any atom is 0.244 e. The van der Waals surface area contributed by atoms with E-state index in [9.17, 15) is 4.79 Å². The van der Waals surface area contributed by atoms with Crippen LogP contribution in [0.1, 0.15) is 11.1 Å². The van der Waals surface area contributed by atoms with E-state index in [1.807, 2.05) is 30.3 Å². The highest BCUT2D eigenvalue weighted by molar-refractivity contribution is 9.10. The lowest BCUT2D eigenvalue weighted by Gasteiger charge is -2.07. The van der Waals surface area contributed by atoms with Crippen molar-refractivity contribution in [1.29, 1.82) is 0 Å². The van der Waals surface area contributed by atoms with Crippen molar-refractivity contribution in [3.8, 4) is 11.5 Å². The molecule has 0 saturated carbocycles. The highest BCUT2D eigenvalue weighted by Crippen LogP contribution is 2.22. The van der Waals surface area contributed by atoms with Crippen LogP contribution in [-0.4, -0.2) is 26.3 Å². The maximum atomic E-state index is 11.9. The molecule has 0 bridgehead atoms. The third-order valence-electron chi connectivity index (χ3n) is 3.11. The topological polar surface area (TPSA) is 59.9 Å². The molecule has 0 aliphatic heterocycles. The zero-order chi connectivity index (χ0) is 16.7. The van der Waals surface area contributed by atoms with Gasteiger partial charge in [-0.25, -0.2) is 5.43 Å². The number of hydrogen-bond acceptors (Lipinski definition) is 4. The molecule has 1 N–H and O–H groups in total. The predicted octanol–water partition coefficient (Wildman–Crippen LogP) is 3.16. The molecule has 0 saturated heterocycles. The number of nitrogens with zero attached hydrogens (tertiary/aromatic N) is 1. The first kappa shape index (κ1) is 17.0. The van der Waals surface area contributed by atoms with E-state index in [4.69, 9.17) is 9.47 Å². The first-order valence-electron chi connectivity index (χ1n) is 6.90. The summed E-state index contributed by atoms with van der Waals surface area (Å²) in [6, 6.07) is 12.9. The summed E-state index contributed by atoms with van der Waals surface area (Å²) in [4.78, 5) is 11.9. The SMILES string of the molecule is COc1ccc(C=NNC(=O)Cc2ccc(Br)cc2)c(OC)c1. The highest BCUT2D eigenvalue weighted by atomic mass is 79.9. The van der Waals surface area contributed by atoms with Gasteiger partial charge < -0.3 is 9.47 Å². The van der Waals surface area contributed by atoms with Gasteiger partial charge in [0.15, 0.2) is 0 Å². The number of nitrogens with one attached hydrogen (secondary N) is 1. The van der Waals surface area contributed by atoms with Gasteiger partial charge >= 0.3 is 0 Å². The molecule has 23 heavy (non-hydrogen) atoms. The van der Waals surface area contributed by atoms with E-state index in [0.717, 1.165) is 15.6 Å². The van der Waals surface area contributed by atoms with Crippen LogP contribution in [-0.2, 0) is 11.2 Å². The molecule has 0 spiro atoms. The molecule has 0 atom stereocenters. The lowest BCUT2D eigenvalue weighted by atomic mass is 10.1. The van der Waals surface area contributed by atoms with E-state index in [-0.39, 0.29) is 12.3 Å². The molecule has 5 nitrogen and oxygen atoms in total. The van der Waals surface area contributed by atoms with Crippen molar-refractivity contribution in [3.63, 3.8) is 0 Å². The second kappa shape index (κ2) is 8.33. The summed E-state index contributed by atoms with van der Waals surface area (Å²) in [7, 11) is 3.16. The fourth-order valence-electron chi connectivity index (χ4n) is 1.93. The molecule has 2 aromatic carbocycles. The Kier molecular flexibility index (Phi) is 6.17. The average molecular weight is 377 g/mol. The van der Waals surface area contributed by atoms with Gasteiger partial charge in [-0.2, -0.15) is 5.10 Å². The van der Waals surface area contributed by atoms with E-state index < -0.39 is 0 Å². The molecule has 6 heteroatoms. The van der Waals surface area contributed by atoms with Crippen LogP contribution in [0.5, 0.6) is 11.5 Å². The quantitative estimate of drug-likeness (QED) is 0.622. The summed E-state index contributed by atoms with van der Waals surface area (Å²) in [6.07, 6.45) is 1.81. The summed E-state index contributed by atoms with van der Waals surface area (Å²) in [6.45, 7) is 0. The Bertz CT molecular complexity index is 699. The Labute approximate surface area is 143 Å². The molecule has 120 valence electrons. The number of methoxy groups -OCH3 is 2. The van der Waals surface area contributed by atoms with Crippen LogP contribution in [0.25, 0.3) is 0 Å². The monoisotopic (exact) mass is 376 g/mol. The zero-order valence-corrected chi connectivity index (χ0v) is 14.5. The van der Waals surface area contributed by atoms with E-state index in [1.165, 1.54) is 6.21 Å². The normalized spacial score (nSPS) is 10.6. The number of carbonyl (C=O) groups excluding carboxylic acids is 1. The molecule has 0 fully saturated rings. The lowest BCUT2D eigenvalue weighted by molar-refractivity contribution is -0.120. The first-order chi connectivity index (χ1) is 11.1. The summed E-state index contributed by atoms with van der Waals surface area (Å²) < 4.78 is 11.4. The minimum Gasteiger partial charge on any atom is -0.497 e. The Balaban J connectivity index is 1.95. The van der Waals surface area contributed by atoms with Crippen molar-refractivity contribution >= 4 is 28.1 Å². The molecule has 0 heterocycles. The van der Waals surface area contributed by atoms with Crippen LogP contribution in [0.2, 0.25) is 0 Å². The van der Waals surface area contributed by atoms with Crippen molar-refractivity contribution in [2.24, 2.45) is 5.10 Å². The van der Waals surface area contributed by atoms with Gasteiger partial charge in [-0.1, -0.05) is 28.1 Å². The van der Waals surface area contributed by atoms with Gasteiger partial charge in [0.05, 0.1) is 26.9 Å². The smallest absolute Gasteiger partial charge is 0.244 e. The lowest BCUT2D eigenvalue weighted by Crippen LogP contribution is -2.19. The summed E-state index contributed by atoms with van der Waals surface area (Å²) in [5.74, 6) is 1.13. The number of carbonyl (C=O) groups is 1. The molecule has 2 aromatic rings. The van der Waals surface area contributed by atoms with Crippen LogP contribution < -0.4 is 14.9 Å². The van der Waals surface area contributed by atoms with Crippen LogP contribution in [0.15, 0.2) is 52.0 Å². The molecule has 1 amide bonds. The van der Waals surface area contributed by atoms with Crippen LogP contribution >= 0.6 is 15.9 Å². The minimum absolute atomic E-state index is 0.184. The Morgan fingerprint density at radius 3 is 2.57 bits per heavy atom. The van der Waals surface area contributed by atoms with Gasteiger partial charge in [0.2, 0.25) is 5.91 Å². The van der Waals surface area contributed by atoms with Crippen molar-refractivity contribution < 1.29 is 14.3 Å². The number of hydrazone groups is 1. The van der Waals surface area contributed by atoms with Crippen LogP contribution in [0, 0.1) is 0 Å². The number of rotatable bonds is 6. The number of ether oxygens (including phenoxy) is 2. The van der Waals surface area contributed by atoms with Gasteiger partial charge in [0.25, 0.3) is 0 Å². The average Bonchev–Trinajstić information content (AvgIpc) is 2.57. The van der Waals surface area contributed by atoms with Crippen molar-refractivity contribution in [1.82, 2.24) is 5.43 Å². The van der Waals surface area contributed by atoms with Crippen LogP contribution in [0.3, 0.4) is 0 Å². The number of benzene rings is 2. The Hall–Kier alpha value is -2.34. The summed E-state index contributed by atoms with van der Waals surface area (Å²) in [5, 5.41) is 3.96. The zero-order valence-electron chi connectivity index (χ0n) is 12.9. The third-order valence-corrected chi connectivity index (χ3v) is 3.64. The molecular formula is C17H17BrN2O3. The van der Waals surface area contributed by atoms with Crippen molar-refractivity contribution in [2.45, 2.75) is 6.42 Å². The molecule has 0 aliphatic rings. The fraction of sp³-hybridized carbons (Fsp3) is 0.176. The number of halogens is 1. The van der Waals surface area contributed by atoms with E-state index in [2.05, 4.69) is 26.5 Å². The van der Waals surface area contributed by atoms with Gasteiger partial charge in [-0.15, -0.1) is 0 Å². The fourth-order valence-corrected chi connectivity index (χ4v) is 2.19. The molecule has 0 unspecified atom stereocenters. The minimum atomic E-state index is -0.184. The molecule has 2 rings (SSSR count). The number of hydrogen-bond donors (Lipinski definition) is 1. The second-order valence-corrected chi connectivity index (χ2v) is 5.62. The van der Waals surface area contributed by atoms with Crippen molar-refractivity contribution in [2.75, 3.05) is 14.2 Å². The largest absolute Gasteiger partial charge is 0.497 e. The number of amides is 1. The predicted molar refractivity (Wildman–Crippen MR) is 93.1 cm³/mol. The summed E-state index contributed by atoms with van der Waals surface area (Å²) in [5.41, 5.74) is 4.17. The molecule has 0 radical (unpaired) electrons. The van der Waals surface area contributed by atoms with E-state index in [0.29, 0.717) is 11.5 Å². The Morgan fingerprint density at radius 1 is 1.17 bits per heavy atom.